The maximum atomic E-state index is 15.3. The lowest BCUT2D eigenvalue weighted by Gasteiger charge is -2.37. The molecule has 2 aromatic carbocycles. The summed E-state index contributed by atoms with van der Waals surface area (Å²) in [6.45, 7) is 0. The van der Waals surface area contributed by atoms with E-state index in [9.17, 15) is 18.0 Å². The molecule has 0 bridgehead atoms. The molecule has 2 aliphatic carbocycles. The Morgan fingerprint density at radius 3 is 2.22 bits per heavy atom. The first-order chi connectivity index (χ1) is 17.6. The van der Waals surface area contributed by atoms with Crippen LogP contribution in [0.2, 0.25) is 0 Å². The monoisotopic (exact) mass is 524 g/mol. The lowest BCUT2D eigenvalue weighted by molar-refractivity contribution is -0.129. The number of amides is 2. The molecule has 2 saturated carbocycles. The van der Waals surface area contributed by atoms with Gasteiger partial charge in [-0.05, 0) is 61.1 Å². The Morgan fingerprint density at radius 1 is 0.973 bits per heavy atom. The van der Waals surface area contributed by atoms with Gasteiger partial charge in [-0.25, -0.2) is 12.8 Å². The number of halogens is 1. The van der Waals surface area contributed by atoms with Crippen molar-refractivity contribution in [2.75, 3.05) is 6.26 Å². The fourth-order valence-electron chi connectivity index (χ4n) is 5.02. The van der Waals surface area contributed by atoms with Gasteiger partial charge in [0, 0.05) is 23.4 Å². The summed E-state index contributed by atoms with van der Waals surface area (Å²) in [6.07, 6.45) is 7.17. The van der Waals surface area contributed by atoms with Crippen molar-refractivity contribution < 1.29 is 22.4 Å². The fraction of sp³-hybridized carbons (Fsp3) is 0.370. The van der Waals surface area contributed by atoms with E-state index in [0.717, 1.165) is 36.6 Å². The summed E-state index contributed by atoms with van der Waals surface area (Å²) in [7, 11) is -3.32. The Balaban J connectivity index is 1.42. The summed E-state index contributed by atoms with van der Waals surface area (Å²) in [4.78, 5) is 29.6. The molecule has 3 aromatic rings. The van der Waals surface area contributed by atoms with E-state index < -0.39 is 32.6 Å². The lowest BCUT2D eigenvalue weighted by Crippen LogP contribution is -2.62. The van der Waals surface area contributed by atoms with Crippen LogP contribution >= 0.6 is 0 Å². The van der Waals surface area contributed by atoms with Gasteiger partial charge in [-0.1, -0.05) is 37.5 Å². The molecule has 0 aliphatic heterocycles. The van der Waals surface area contributed by atoms with Gasteiger partial charge >= 0.3 is 0 Å². The van der Waals surface area contributed by atoms with E-state index in [2.05, 4.69) is 15.6 Å². The SMILES string of the molecule is CS(=O)(=O)c1ccc(-c2ccc3c(F)c(C(=O)NC4(C(=O)NC5(C=N)CC5)CCCCC4)[nH]c3c2)cc1. The molecule has 0 spiro atoms. The zero-order chi connectivity index (χ0) is 26.4. The summed E-state index contributed by atoms with van der Waals surface area (Å²) in [5.74, 6) is -1.71. The molecule has 0 atom stereocenters. The Hall–Kier alpha value is -3.53. The van der Waals surface area contributed by atoms with Crippen LogP contribution in [0.1, 0.15) is 55.4 Å². The van der Waals surface area contributed by atoms with E-state index in [-0.39, 0.29) is 21.9 Å². The average Bonchev–Trinajstić information content (AvgIpc) is 3.58. The zero-order valence-electron chi connectivity index (χ0n) is 20.5. The number of fused-ring (bicyclic) bond motifs is 1. The molecule has 1 aromatic heterocycles. The normalized spacial score (nSPS) is 18.2. The molecular formula is C27H29FN4O4S. The van der Waals surface area contributed by atoms with E-state index in [1.165, 1.54) is 18.3 Å². The minimum atomic E-state index is -3.32. The number of nitrogens with one attached hydrogen (secondary N) is 4. The number of carbonyl (C=O) groups excluding carboxylic acids is 2. The van der Waals surface area contributed by atoms with E-state index in [4.69, 9.17) is 5.41 Å². The van der Waals surface area contributed by atoms with Crippen LogP contribution in [-0.4, -0.2) is 48.8 Å². The van der Waals surface area contributed by atoms with Gasteiger partial charge in [0.15, 0.2) is 15.7 Å². The third-order valence-corrected chi connectivity index (χ3v) is 8.63. The Bertz CT molecular complexity index is 1500. The van der Waals surface area contributed by atoms with Gasteiger partial charge in [-0.15, -0.1) is 0 Å². The first-order valence-corrected chi connectivity index (χ1v) is 14.2. The van der Waals surface area contributed by atoms with Crippen LogP contribution in [0.5, 0.6) is 0 Å². The predicted octanol–water partition coefficient (Wildman–Crippen LogP) is 4.11. The quantitative estimate of drug-likeness (QED) is 0.346. The molecule has 194 valence electrons. The Morgan fingerprint density at radius 2 is 1.62 bits per heavy atom. The molecule has 2 amide bonds. The standard InChI is InChI=1S/C27H29FN4O4S/c1-37(35,36)19-8-5-17(6-9-19)18-7-10-20-21(15-18)30-23(22(20)28)24(33)31-27(11-3-2-4-12-27)25(34)32-26(16-29)13-14-26/h5-10,15-16,29-30H,2-4,11-14H2,1H3,(H,31,33)(H,32,34). The molecule has 8 nitrogen and oxygen atoms in total. The molecule has 2 fully saturated rings. The maximum Gasteiger partial charge on any atom is 0.271 e. The van der Waals surface area contributed by atoms with Crippen molar-refractivity contribution in [3.63, 3.8) is 0 Å². The second-order valence-corrected chi connectivity index (χ2v) is 12.2. The first kappa shape index (κ1) is 25.1. The van der Waals surface area contributed by atoms with Gasteiger partial charge in [0.2, 0.25) is 5.91 Å². The number of aromatic nitrogens is 1. The number of sulfone groups is 1. The highest BCUT2D eigenvalue weighted by atomic mass is 32.2. The van der Waals surface area contributed by atoms with Gasteiger partial charge in [-0.3, -0.25) is 9.59 Å². The van der Waals surface area contributed by atoms with Crippen molar-refractivity contribution in [1.82, 2.24) is 15.6 Å². The van der Waals surface area contributed by atoms with Gasteiger partial charge in [-0.2, -0.15) is 0 Å². The lowest BCUT2D eigenvalue weighted by atomic mass is 9.80. The Kier molecular flexibility index (Phi) is 6.18. The summed E-state index contributed by atoms with van der Waals surface area (Å²) in [5.41, 5.74) is -0.141. The Labute approximate surface area is 214 Å². The molecule has 5 rings (SSSR count). The molecule has 1 heterocycles. The van der Waals surface area contributed by atoms with Crippen LogP contribution in [0, 0.1) is 11.2 Å². The average molecular weight is 525 g/mol. The third-order valence-electron chi connectivity index (χ3n) is 7.50. The van der Waals surface area contributed by atoms with Crippen molar-refractivity contribution >= 4 is 38.8 Å². The van der Waals surface area contributed by atoms with Crippen LogP contribution in [0.3, 0.4) is 0 Å². The van der Waals surface area contributed by atoms with Crippen molar-refractivity contribution in [3.8, 4) is 11.1 Å². The summed E-state index contributed by atoms with van der Waals surface area (Å²) < 4.78 is 38.8. The van der Waals surface area contributed by atoms with E-state index in [0.29, 0.717) is 31.2 Å². The molecular weight excluding hydrogens is 495 g/mol. The van der Waals surface area contributed by atoms with Gasteiger partial charge in [0.25, 0.3) is 5.91 Å². The summed E-state index contributed by atoms with van der Waals surface area (Å²) >= 11 is 0. The van der Waals surface area contributed by atoms with Crippen LogP contribution in [0.4, 0.5) is 4.39 Å². The molecule has 37 heavy (non-hydrogen) atoms. The zero-order valence-corrected chi connectivity index (χ0v) is 21.3. The minimum absolute atomic E-state index is 0.205. The second-order valence-electron chi connectivity index (χ2n) is 10.2. The fourth-order valence-corrected chi connectivity index (χ4v) is 5.65. The van der Waals surface area contributed by atoms with E-state index >= 15 is 4.39 Å². The summed E-state index contributed by atoms with van der Waals surface area (Å²) in [6, 6.07) is 11.4. The first-order valence-electron chi connectivity index (χ1n) is 12.3. The van der Waals surface area contributed by atoms with Crippen LogP contribution < -0.4 is 10.6 Å². The summed E-state index contributed by atoms with van der Waals surface area (Å²) in [5, 5.41) is 13.6. The highest BCUT2D eigenvalue weighted by molar-refractivity contribution is 7.90. The van der Waals surface area contributed by atoms with Crippen molar-refractivity contribution in [3.05, 3.63) is 54.0 Å². The number of aromatic amines is 1. The minimum Gasteiger partial charge on any atom is -0.348 e. The number of benzene rings is 2. The number of rotatable bonds is 7. The highest BCUT2D eigenvalue weighted by Gasteiger charge is 2.48. The van der Waals surface area contributed by atoms with Crippen molar-refractivity contribution in [1.29, 1.82) is 5.41 Å². The molecule has 0 unspecified atom stereocenters. The van der Waals surface area contributed by atoms with E-state index in [1.807, 2.05) is 0 Å². The topological polar surface area (TPSA) is 132 Å². The number of hydrogen-bond donors (Lipinski definition) is 4. The van der Waals surface area contributed by atoms with E-state index in [1.54, 1.807) is 30.3 Å². The van der Waals surface area contributed by atoms with Crippen molar-refractivity contribution in [2.45, 2.75) is 60.9 Å². The smallest absolute Gasteiger partial charge is 0.271 e. The van der Waals surface area contributed by atoms with Crippen LogP contribution in [-0.2, 0) is 14.6 Å². The second kappa shape index (κ2) is 9.09. The van der Waals surface area contributed by atoms with Gasteiger partial charge in [0.1, 0.15) is 11.2 Å². The molecule has 10 heteroatoms. The van der Waals surface area contributed by atoms with Gasteiger partial charge < -0.3 is 21.0 Å². The maximum absolute atomic E-state index is 15.3. The van der Waals surface area contributed by atoms with Gasteiger partial charge in [0.05, 0.1) is 10.4 Å². The van der Waals surface area contributed by atoms with Crippen LogP contribution in [0.25, 0.3) is 22.0 Å². The molecule has 2 aliphatic rings. The van der Waals surface area contributed by atoms with Crippen LogP contribution in [0.15, 0.2) is 47.4 Å². The van der Waals surface area contributed by atoms with Crippen molar-refractivity contribution in [2.24, 2.45) is 0 Å². The number of carbonyl (C=O) groups is 2. The molecule has 0 radical (unpaired) electrons. The largest absolute Gasteiger partial charge is 0.348 e. The molecule has 0 saturated heterocycles. The highest BCUT2D eigenvalue weighted by Crippen LogP contribution is 2.36. The third kappa shape index (κ3) is 4.77. The molecule has 4 N–H and O–H groups in total. The number of H-pyrrole nitrogens is 1. The predicted molar refractivity (Wildman–Crippen MR) is 139 cm³/mol. The number of hydrogen-bond acceptors (Lipinski definition) is 5.